The van der Waals surface area contributed by atoms with Crippen LogP contribution < -0.4 is 0 Å². The molecular formula is C29H41N3O2. The highest BCUT2D eigenvalue weighted by atomic mass is 16.3. The minimum atomic E-state index is -0.128. The summed E-state index contributed by atoms with van der Waals surface area (Å²) in [5.41, 5.74) is 3.74. The third-order valence-electron chi connectivity index (χ3n) is 9.33. The Labute approximate surface area is 204 Å². The van der Waals surface area contributed by atoms with Gasteiger partial charge in [-0.25, -0.2) is 0 Å². The molecule has 0 radical (unpaired) electrons. The number of phenolic OH excluding ortho intramolecular Hbond substituents is 1. The highest BCUT2D eigenvalue weighted by molar-refractivity contribution is 5.87. The molecule has 1 aromatic heterocycles. The Bertz CT molecular complexity index is 1030. The number of hydrogen-bond donors (Lipinski definition) is 1. The average molecular weight is 464 g/mol. The molecule has 184 valence electrons. The molecule has 5 nitrogen and oxygen atoms in total. The van der Waals surface area contributed by atoms with Crippen LogP contribution in [0, 0.1) is 29.1 Å². The summed E-state index contributed by atoms with van der Waals surface area (Å²) in [5.74, 6) is 3.76. The Balaban J connectivity index is 1.21. The van der Waals surface area contributed by atoms with Gasteiger partial charge in [0.05, 0.1) is 5.69 Å². The number of hydrogen-bond acceptors (Lipinski definition) is 4. The molecule has 0 saturated heterocycles. The Hall–Kier alpha value is -2.17. The summed E-state index contributed by atoms with van der Waals surface area (Å²) in [6.45, 7) is 7.68. The van der Waals surface area contributed by atoms with Gasteiger partial charge in [0.25, 0.3) is 0 Å². The normalized spacial score (nSPS) is 30.3. The second-order valence-corrected chi connectivity index (χ2v) is 12.0. The maximum Gasteiger partial charge on any atom is 0.139 e. The lowest BCUT2D eigenvalue weighted by Crippen LogP contribution is -2.44. The van der Waals surface area contributed by atoms with E-state index in [-0.39, 0.29) is 5.41 Å². The van der Waals surface area contributed by atoms with Gasteiger partial charge in [-0.05, 0) is 104 Å². The van der Waals surface area contributed by atoms with Crippen molar-refractivity contribution in [1.29, 1.82) is 0 Å². The molecule has 0 unspecified atom stereocenters. The fourth-order valence-electron chi connectivity index (χ4n) is 7.57. The zero-order chi connectivity index (χ0) is 23.9. The fraction of sp³-hybridized carbons (Fsp3) is 0.690. The van der Waals surface area contributed by atoms with Crippen LogP contribution in [0.4, 0.5) is 0 Å². The van der Waals surface area contributed by atoms with E-state index >= 15 is 0 Å². The smallest absolute Gasteiger partial charge is 0.139 e. The van der Waals surface area contributed by atoms with Crippen molar-refractivity contribution in [3.63, 3.8) is 0 Å². The monoisotopic (exact) mass is 463 g/mol. The number of aryl methyl sites for hydroxylation is 3. The largest absolute Gasteiger partial charge is 0.508 e. The lowest BCUT2D eigenvalue weighted by molar-refractivity contribution is -0.129. The van der Waals surface area contributed by atoms with E-state index in [0.29, 0.717) is 41.1 Å². The maximum atomic E-state index is 13.2. The molecule has 0 spiro atoms. The van der Waals surface area contributed by atoms with Crippen LogP contribution >= 0.6 is 0 Å². The third-order valence-corrected chi connectivity index (χ3v) is 9.33. The van der Waals surface area contributed by atoms with Crippen LogP contribution in [0.2, 0.25) is 0 Å². The molecule has 3 aliphatic rings. The molecule has 3 aliphatic carbocycles. The zero-order valence-electron chi connectivity index (χ0n) is 21.2. The van der Waals surface area contributed by atoms with Gasteiger partial charge in [-0.15, -0.1) is 5.10 Å². The quantitative estimate of drug-likeness (QED) is 0.481. The van der Waals surface area contributed by atoms with E-state index in [1.165, 1.54) is 11.1 Å². The van der Waals surface area contributed by atoms with Crippen molar-refractivity contribution in [3.8, 4) is 5.75 Å². The summed E-state index contributed by atoms with van der Waals surface area (Å²) in [5, 5.41) is 18.6. The van der Waals surface area contributed by atoms with E-state index in [9.17, 15) is 9.90 Å². The molecule has 2 saturated carbocycles. The van der Waals surface area contributed by atoms with Crippen molar-refractivity contribution >= 4 is 5.78 Å². The lowest BCUT2D eigenvalue weighted by Gasteiger charge is -2.50. The van der Waals surface area contributed by atoms with Crippen LogP contribution in [-0.4, -0.2) is 25.9 Å². The number of benzene rings is 1. The van der Waals surface area contributed by atoms with E-state index < -0.39 is 0 Å². The molecule has 2 fully saturated rings. The summed E-state index contributed by atoms with van der Waals surface area (Å²) in [4.78, 5) is 13.2. The molecule has 0 aliphatic heterocycles. The first kappa shape index (κ1) is 23.6. The van der Waals surface area contributed by atoms with Gasteiger partial charge in [0, 0.05) is 24.6 Å². The van der Waals surface area contributed by atoms with E-state index in [1.807, 2.05) is 16.8 Å². The number of carbonyl (C=O) groups excluding carboxylic acids is 1. The summed E-state index contributed by atoms with van der Waals surface area (Å²) >= 11 is 0. The Morgan fingerprint density at radius 2 is 2.09 bits per heavy atom. The number of Topliss-reactive ketones (excluding diaryl/α,β-unsaturated/α-hetero) is 1. The number of aromatic nitrogens is 3. The minimum absolute atomic E-state index is 0.128. The Kier molecular flexibility index (Phi) is 6.56. The van der Waals surface area contributed by atoms with Gasteiger partial charge in [0.15, 0.2) is 0 Å². The molecule has 5 rings (SSSR count). The summed E-state index contributed by atoms with van der Waals surface area (Å²) in [7, 11) is 0. The van der Waals surface area contributed by atoms with E-state index in [1.54, 1.807) is 0 Å². The number of carbonyl (C=O) groups is 1. The van der Waals surface area contributed by atoms with Gasteiger partial charge in [0.2, 0.25) is 0 Å². The van der Waals surface area contributed by atoms with E-state index in [2.05, 4.69) is 43.3 Å². The molecule has 2 aromatic rings. The van der Waals surface area contributed by atoms with Crippen molar-refractivity contribution < 1.29 is 9.90 Å². The van der Waals surface area contributed by atoms with Crippen molar-refractivity contribution in [3.05, 3.63) is 41.2 Å². The summed E-state index contributed by atoms with van der Waals surface area (Å²) < 4.78 is 2.00. The lowest BCUT2D eigenvalue weighted by atomic mass is 9.54. The number of aromatic hydroxyl groups is 1. The first-order chi connectivity index (χ1) is 16.3. The number of unbranched alkanes of at least 4 members (excludes halogenated alkanes) is 1. The average Bonchev–Trinajstić information content (AvgIpc) is 3.36. The molecule has 5 heteroatoms. The molecule has 0 amide bonds. The maximum absolute atomic E-state index is 13.2. The Morgan fingerprint density at radius 3 is 2.91 bits per heavy atom. The molecule has 1 aromatic carbocycles. The number of nitrogens with zero attached hydrogens (tertiary/aromatic N) is 3. The predicted octanol–water partition coefficient (Wildman–Crippen LogP) is 6.09. The number of rotatable bonds is 8. The third kappa shape index (κ3) is 4.43. The summed E-state index contributed by atoms with van der Waals surface area (Å²) in [6.07, 6.45) is 12.8. The van der Waals surface area contributed by atoms with Crippen LogP contribution in [0.3, 0.4) is 0 Å². The van der Waals surface area contributed by atoms with E-state index in [0.717, 1.165) is 76.4 Å². The molecule has 1 heterocycles. The van der Waals surface area contributed by atoms with Crippen molar-refractivity contribution in [2.24, 2.45) is 29.1 Å². The minimum Gasteiger partial charge on any atom is -0.508 e. The number of ketones is 1. The van der Waals surface area contributed by atoms with Crippen molar-refractivity contribution in [2.75, 3.05) is 0 Å². The molecule has 5 atom stereocenters. The van der Waals surface area contributed by atoms with Gasteiger partial charge in [-0.2, -0.15) is 0 Å². The van der Waals surface area contributed by atoms with Crippen LogP contribution in [-0.2, 0) is 24.2 Å². The van der Waals surface area contributed by atoms with Gasteiger partial charge in [-0.3, -0.25) is 9.48 Å². The molecular weight excluding hydrogens is 422 g/mol. The summed E-state index contributed by atoms with van der Waals surface area (Å²) in [6, 6.07) is 5.98. The van der Waals surface area contributed by atoms with Gasteiger partial charge >= 0.3 is 0 Å². The molecule has 0 bridgehead atoms. The van der Waals surface area contributed by atoms with E-state index in [4.69, 9.17) is 0 Å². The fourth-order valence-corrected chi connectivity index (χ4v) is 7.57. The van der Waals surface area contributed by atoms with Gasteiger partial charge in [-0.1, -0.05) is 38.5 Å². The van der Waals surface area contributed by atoms with Crippen LogP contribution in [0.25, 0.3) is 0 Å². The molecule has 34 heavy (non-hydrogen) atoms. The zero-order valence-corrected chi connectivity index (χ0v) is 21.2. The van der Waals surface area contributed by atoms with Crippen LogP contribution in [0.5, 0.6) is 5.75 Å². The molecule has 1 N–H and O–H groups in total. The topological polar surface area (TPSA) is 68.0 Å². The van der Waals surface area contributed by atoms with Gasteiger partial charge in [0.1, 0.15) is 11.5 Å². The number of phenols is 1. The van der Waals surface area contributed by atoms with Crippen LogP contribution in [0.15, 0.2) is 24.4 Å². The second-order valence-electron chi connectivity index (χ2n) is 12.0. The SMILES string of the molecule is CC(C)CCc1cn(CCCC[C@@H]2CC(=O)[C@@]3(C)CC[C@@H]4c5ccc(O)cc5CC[C@H]4[C@H]23)nn1. The highest BCUT2D eigenvalue weighted by Crippen LogP contribution is 2.62. The highest BCUT2D eigenvalue weighted by Gasteiger charge is 2.58. The first-order valence-corrected chi connectivity index (χ1v) is 13.6. The number of fused-ring (bicyclic) bond motifs is 5. The van der Waals surface area contributed by atoms with Gasteiger partial charge < -0.3 is 5.11 Å². The van der Waals surface area contributed by atoms with Crippen LogP contribution in [0.1, 0.15) is 94.9 Å². The predicted molar refractivity (Wildman–Crippen MR) is 134 cm³/mol. The van der Waals surface area contributed by atoms with Crippen molar-refractivity contribution in [2.45, 2.75) is 97.4 Å². The first-order valence-electron chi connectivity index (χ1n) is 13.6. The standard InChI is InChI=1S/C29H41N3O2/c1-19(2)7-9-22-18-32(31-30-22)15-5-4-6-21-17-27(34)29(3)14-13-25-24-12-10-23(33)16-20(24)8-11-26(25)28(21)29/h10,12,16,18-19,21,25-26,28,33H,4-9,11,13-15,17H2,1-3H3/t21-,25-,26-,28+,29-/m1/s1. The second kappa shape index (κ2) is 9.47. The Morgan fingerprint density at radius 1 is 1.24 bits per heavy atom. The van der Waals surface area contributed by atoms with Crippen molar-refractivity contribution in [1.82, 2.24) is 15.0 Å².